The van der Waals surface area contributed by atoms with Crippen molar-refractivity contribution in [1.29, 1.82) is 0 Å². The largest absolute Gasteiger partial charge is 0.352 e. The van der Waals surface area contributed by atoms with Gasteiger partial charge in [-0.05, 0) is 56.6 Å². The molecule has 4 nitrogen and oxygen atoms in total. The van der Waals surface area contributed by atoms with Gasteiger partial charge in [-0.15, -0.1) is 0 Å². The van der Waals surface area contributed by atoms with Gasteiger partial charge in [-0.25, -0.2) is 0 Å². The standard InChI is InChI=1S/C19H25N3O/c1-15(11-12-16-7-3-2-4-8-16)20-19(23)14-22-13-17-9-5-6-10-18(17)21-22/h2-4,7-8,13,15H,5-6,9-12,14H2,1H3,(H,20,23). The first-order valence-corrected chi connectivity index (χ1v) is 8.59. The van der Waals surface area contributed by atoms with Crippen molar-refractivity contribution in [2.45, 2.75) is 58.0 Å². The molecule has 0 spiro atoms. The van der Waals surface area contributed by atoms with Crippen molar-refractivity contribution in [2.24, 2.45) is 0 Å². The summed E-state index contributed by atoms with van der Waals surface area (Å²) in [4.78, 5) is 12.2. The molecule has 0 bridgehead atoms. The van der Waals surface area contributed by atoms with Crippen LogP contribution >= 0.6 is 0 Å². The highest BCUT2D eigenvalue weighted by Gasteiger charge is 2.15. The third-order valence-electron chi connectivity index (χ3n) is 4.46. The van der Waals surface area contributed by atoms with Gasteiger partial charge in [0.25, 0.3) is 0 Å². The highest BCUT2D eigenvalue weighted by atomic mass is 16.2. The molecule has 0 aliphatic heterocycles. The van der Waals surface area contributed by atoms with Crippen molar-refractivity contribution in [3.63, 3.8) is 0 Å². The number of benzene rings is 1. The molecule has 0 fully saturated rings. The van der Waals surface area contributed by atoms with E-state index in [2.05, 4.69) is 41.6 Å². The van der Waals surface area contributed by atoms with Crippen LogP contribution in [-0.2, 0) is 30.6 Å². The number of amides is 1. The van der Waals surface area contributed by atoms with Crippen LogP contribution in [0.4, 0.5) is 0 Å². The number of aryl methyl sites for hydroxylation is 3. The molecule has 1 aromatic carbocycles. The molecule has 2 aromatic rings. The van der Waals surface area contributed by atoms with E-state index in [1.54, 1.807) is 4.68 Å². The first kappa shape index (κ1) is 15.8. The molecule has 1 amide bonds. The summed E-state index contributed by atoms with van der Waals surface area (Å²) in [6, 6.07) is 10.6. The van der Waals surface area contributed by atoms with Gasteiger partial charge in [0.1, 0.15) is 6.54 Å². The molecule has 3 rings (SSSR count). The van der Waals surface area contributed by atoms with Crippen LogP contribution in [-0.4, -0.2) is 21.7 Å². The van der Waals surface area contributed by atoms with Gasteiger partial charge in [0.05, 0.1) is 5.69 Å². The van der Waals surface area contributed by atoms with E-state index in [1.165, 1.54) is 29.7 Å². The summed E-state index contributed by atoms with van der Waals surface area (Å²) in [5, 5.41) is 7.63. The third-order valence-corrected chi connectivity index (χ3v) is 4.46. The maximum Gasteiger partial charge on any atom is 0.241 e. The predicted molar refractivity (Wildman–Crippen MR) is 91.2 cm³/mol. The third kappa shape index (κ3) is 4.44. The molecule has 0 saturated heterocycles. The topological polar surface area (TPSA) is 46.9 Å². The van der Waals surface area contributed by atoms with Crippen molar-refractivity contribution in [2.75, 3.05) is 0 Å². The van der Waals surface area contributed by atoms with Gasteiger partial charge in [-0.1, -0.05) is 30.3 Å². The number of carbonyl (C=O) groups excluding carboxylic acids is 1. The Hall–Kier alpha value is -2.10. The minimum atomic E-state index is 0.0467. The van der Waals surface area contributed by atoms with Crippen LogP contribution in [0.1, 0.15) is 43.0 Å². The summed E-state index contributed by atoms with van der Waals surface area (Å²) in [7, 11) is 0. The van der Waals surface area contributed by atoms with E-state index in [0.717, 1.165) is 25.7 Å². The number of carbonyl (C=O) groups is 1. The number of rotatable bonds is 6. The zero-order valence-corrected chi connectivity index (χ0v) is 13.8. The molecule has 0 radical (unpaired) electrons. The first-order valence-electron chi connectivity index (χ1n) is 8.59. The van der Waals surface area contributed by atoms with Gasteiger partial charge < -0.3 is 5.32 Å². The van der Waals surface area contributed by atoms with Crippen LogP contribution in [0.3, 0.4) is 0 Å². The second kappa shape index (κ2) is 7.44. The maximum atomic E-state index is 12.2. The summed E-state index contributed by atoms with van der Waals surface area (Å²) in [6.07, 6.45) is 8.59. The van der Waals surface area contributed by atoms with Gasteiger partial charge in [0, 0.05) is 12.2 Å². The van der Waals surface area contributed by atoms with Crippen LogP contribution in [0.15, 0.2) is 36.5 Å². The van der Waals surface area contributed by atoms with Gasteiger partial charge in [0.2, 0.25) is 5.91 Å². The normalized spacial score (nSPS) is 15.0. The van der Waals surface area contributed by atoms with E-state index in [-0.39, 0.29) is 11.9 Å². The summed E-state index contributed by atoms with van der Waals surface area (Å²) in [5.74, 6) is 0.0467. The van der Waals surface area contributed by atoms with Gasteiger partial charge >= 0.3 is 0 Å². The number of hydrogen-bond donors (Lipinski definition) is 1. The molecule has 1 aromatic heterocycles. The molecule has 4 heteroatoms. The van der Waals surface area contributed by atoms with Crippen LogP contribution < -0.4 is 5.32 Å². The van der Waals surface area contributed by atoms with E-state index in [1.807, 2.05) is 12.3 Å². The van der Waals surface area contributed by atoms with Crippen molar-refractivity contribution in [1.82, 2.24) is 15.1 Å². The Balaban J connectivity index is 1.46. The lowest BCUT2D eigenvalue weighted by Crippen LogP contribution is -2.35. The molecular weight excluding hydrogens is 286 g/mol. The lowest BCUT2D eigenvalue weighted by Gasteiger charge is -2.14. The van der Waals surface area contributed by atoms with Gasteiger partial charge in [-0.3, -0.25) is 9.48 Å². The molecule has 122 valence electrons. The van der Waals surface area contributed by atoms with Crippen LogP contribution in [0.2, 0.25) is 0 Å². The van der Waals surface area contributed by atoms with E-state index in [9.17, 15) is 4.79 Å². The second-order valence-corrected chi connectivity index (χ2v) is 6.50. The molecule has 1 aliphatic carbocycles. The minimum Gasteiger partial charge on any atom is -0.352 e. The molecule has 1 N–H and O–H groups in total. The summed E-state index contributed by atoms with van der Waals surface area (Å²) >= 11 is 0. The molecular formula is C19H25N3O. The average Bonchev–Trinajstić information content (AvgIpc) is 2.96. The second-order valence-electron chi connectivity index (χ2n) is 6.50. The number of hydrogen-bond acceptors (Lipinski definition) is 2. The Morgan fingerprint density at radius 1 is 1.26 bits per heavy atom. The van der Waals surface area contributed by atoms with E-state index in [4.69, 9.17) is 0 Å². The van der Waals surface area contributed by atoms with Crippen molar-refractivity contribution in [3.05, 3.63) is 53.3 Å². The summed E-state index contributed by atoms with van der Waals surface area (Å²) < 4.78 is 1.80. The fourth-order valence-electron chi connectivity index (χ4n) is 3.18. The Bertz CT molecular complexity index is 624. The lowest BCUT2D eigenvalue weighted by molar-refractivity contribution is -0.122. The summed E-state index contributed by atoms with van der Waals surface area (Å²) in [5.41, 5.74) is 3.82. The van der Waals surface area contributed by atoms with E-state index in [0.29, 0.717) is 6.54 Å². The Kier molecular flexibility index (Phi) is 5.11. The van der Waals surface area contributed by atoms with E-state index < -0.39 is 0 Å². The van der Waals surface area contributed by atoms with Crippen LogP contribution in [0.25, 0.3) is 0 Å². The van der Waals surface area contributed by atoms with Crippen molar-refractivity contribution in [3.8, 4) is 0 Å². The number of nitrogens with one attached hydrogen (secondary N) is 1. The van der Waals surface area contributed by atoms with Crippen molar-refractivity contribution >= 4 is 5.91 Å². The molecule has 1 atom stereocenters. The summed E-state index contributed by atoms with van der Waals surface area (Å²) in [6.45, 7) is 2.39. The first-order chi connectivity index (χ1) is 11.2. The van der Waals surface area contributed by atoms with Gasteiger partial charge in [0.15, 0.2) is 0 Å². The minimum absolute atomic E-state index is 0.0467. The number of aromatic nitrogens is 2. The Morgan fingerprint density at radius 3 is 2.83 bits per heavy atom. The number of nitrogens with zero attached hydrogens (tertiary/aromatic N) is 2. The monoisotopic (exact) mass is 311 g/mol. The molecule has 1 unspecified atom stereocenters. The molecule has 23 heavy (non-hydrogen) atoms. The SMILES string of the molecule is CC(CCc1ccccc1)NC(=O)Cn1cc2c(n1)CCCC2. The zero-order valence-electron chi connectivity index (χ0n) is 13.8. The fraction of sp³-hybridized carbons (Fsp3) is 0.474. The molecule has 1 aliphatic rings. The lowest BCUT2D eigenvalue weighted by atomic mass is 9.99. The zero-order chi connectivity index (χ0) is 16.1. The molecule has 0 saturated carbocycles. The highest BCUT2D eigenvalue weighted by molar-refractivity contribution is 5.75. The smallest absolute Gasteiger partial charge is 0.241 e. The van der Waals surface area contributed by atoms with Gasteiger partial charge in [-0.2, -0.15) is 5.10 Å². The number of fused-ring (bicyclic) bond motifs is 1. The molecule has 1 heterocycles. The fourth-order valence-corrected chi connectivity index (χ4v) is 3.18. The average molecular weight is 311 g/mol. The maximum absolute atomic E-state index is 12.2. The Labute approximate surface area is 137 Å². The predicted octanol–water partition coefficient (Wildman–Crippen LogP) is 2.90. The van der Waals surface area contributed by atoms with E-state index >= 15 is 0 Å². The van der Waals surface area contributed by atoms with Crippen LogP contribution in [0, 0.1) is 0 Å². The van der Waals surface area contributed by atoms with Crippen molar-refractivity contribution < 1.29 is 4.79 Å². The highest BCUT2D eigenvalue weighted by Crippen LogP contribution is 2.19. The quantitative estimate of drug-likeness (QED) is 0.891. The Morgan fingerprint density at radius 2 is 2.04 bits per heavy atom. The van der Waals surface area contributed by atoms with Crippen LogP contribution in [0.5, 0.6) is 0 Å².